The molecule has 0 fully saturated rings. The van der Waals surface area contributed by atoms with Crippen LogP contribution in [0, 0.1) is 13.8 Å². The first-order valence-corrected chi connectivity index (χ1v) is 10.5. The van der Waals surface area contributed by atoms with Gasteiger partial charge in [0.25, 0.3) is 0 Å². The zero-order valence-corrected chi connectivity index (χ0v) is 17.6. The average molecular weight is 369 g/mol. The molecule has 0 saturated carbocycles. The first-order valence-electron chi connectivity index (χ1n) is 10.5. The molecule has 0 radical (unpaired) electrons. The van der Waals surface area contributed by atoms with E-state index in [1.165, 1.54) is 61.6 Å². The van der Waals surface area contributed by atoms with Gasteiger partial charge >= 0.3 is 0 Å². The Bertz CT molecular complexity index is 691. The fraction of sp³-hybridized carbons (Fsp3) is 0.520. The molecule has 2 nitrogen and oxygen atoms in total. The number of rotatable bonds is 12. The van der Waals surface area contributed by atoms with E-state index in [1.54, 1.807) is 7.11 Å². The molecule has 2 aromatic carbocycles. The van der Waals surface area contributed by atoms with Gasteiger partial charge in [0.2, 0.25) is 0 Å². The molecule has 0 spiro atoms. The summed E-state index contributed by atoms with van der Waals surface area (Å²) in [4.78, 5) is 0. The van der Waals surface area contributed by atoms with Crippen molar-refractivity contribution >= 4 is 0 Å². The molecule has 27 heavy (non-hydrogen) atoms. The maximum atomic E-state index is 6.00. The molecule has 2 aromatic rings. The number of unbranched alkanes of at least 4 members (excludes halogenated alkanes) is 7. The fourth-order valence-corrected chi connectivity index (χ4v) is 3.50. The maximum Gasteiger partial charge on any atom is 0.122 e. The van der Waals surface area contributed by atoms with Crippen molar-refractivity contribution in [1.82, 2.24) is 0 Å². The summed E-state index contributed by atoms with van der Waals surface area (Å²) >= 11 is 0. The molecule has 2 heteroatoms. The van der Waals surface area contributed by atoms with Crippen LogP contribution >= 0.6 is 0 Å². The van der Waals surface area contributed by atoms with Gasteiger partial charge in [-0.15, -0.1) is 0 Å². The predicted molar refractivity (Wildman–Crippen MR) is 116 cm³/mol. The smallest absolute Gasteiger partial charge is 0.122 e. The lowest BCUT2D eigenvalue weighted by atomic mass is 9.97. The summed E-state index contributed by atoms with van der Waals surface area (Å²) in [7, 11) is 1.72. The molecule has 2 rings (SSSR count). The lowest BCUT2D eigenvalue weighted by Gasteiger charge is -2.13. The van der Waals surface area contributed by atoms with E-state index in [0.29, 0.717) is 0 Å². The van der Waals surface area contributed by atoms with Crippen molar-refractivity contribution in [2.24, 2.45) is 0 Å². The summed E-state index contributed by atoms with van der Waals surface area (Å²) in [5.74, 6) is 1.90. The molecule has 148 valence electrons. The summed E-state index contributed by atoms with van der Waals surface area (Å²) in [6.07, 6.45) is 10.6. The van der Waals surface area contributed by atoms with Crippen molar-refractivity contribution < 1.29 is 9.47 Å². The Hall–Kier alpha value is -1.96. The minimum atomic E-state index is 0.805. The third kappa shape index (κ3) is 6.93. The van der Waals surface area contributed by atoms with Gasteiger partial charge in [0.1, 0.15) is 11.5 Å². The zero-order valence-electron chi connectivity index (χ0n) is 17.6. The third-order valence-electron chi connectivity index (χ3n) is 5.15. The minimum absolute atomic E-state index is 0.805. The molecule has 0 N–H and O–H groups in total. The topological polar surface area (TPSA) is 18.5 Å². The van der Waals surface area contributed by atoms with Gasteiger partial charge in [0.05, 0.1) is 13.7 Å². The number of ether oxygens (including phenoxy) is 2. The Kier molecular flexibility index (Phi) is 9.24. The third-order valence-corrected chi connectivity index (χ3v) is 5.15. The van der Waals surface area contributed by atoms with E-state index < -0.39 is 0 Å². The SMILES string of the molecule is CCCCCCCCCCOc1cccc(-c2cc(C)c(OC)cc2C)c1. The van der Waals surface area contributed by atoms with Crippen LogP contribution in [-0.2, 0) is 0 Å². The molecule has 0 heterocycles. The largest absolute Gasteiger partial charge is 0.496 e. The van der Waals surface area contributed by atoms with E-state index in [1.807, 2.05) is 0 Å². The van der Waals surface area contributed by atoms with Crippen LogP contribution in [0.1, 0.15) is 69.4 Å². The van der Waals surface area contributed by atoms with Crippen LogP contribution in [0.4, 0.5) is 0 Å². The monoisotopic (exact) mass is 368 g/mol. The second-order valence-electron chi connectivity index (χ2n) is 7.49. The van der Waals surface area contributed by atoms with Gasteiger partial charge in [-0.05, 0) is 66.8 Å². The molecule has 0 bridgehead atoms. The van der Waals surface area contributed by atoms with Gasteiger partial charge in [-0.3, -0.25) is 0 Å². The molecular formula is C25H36O2. The number of benzene rings is 2. The normalized spacial score (nSPS) is 10.8. The highest BCUT2D eigenvalue weighted by atomic mass is 16.5. The van der Waals surface area contributed by atoms with Crippen LogP contribution in [0.15, 0.2) is 36.4 Å². The Morgan fingerprint density at radius 2 is 1.48 bits per heavy atom. The standard InChI is InChI=1S/C25H36O2/c1-5-6-7-8-9-10-11-12-16-27-23-15-13-14-22(19-23)24-17-21(3)25(26-4)18-20(24)2/h13-15,17-19H,5-12,16H2,1-4H3. The molecule has 0 saturated heterocycles. The highest BCUT2D eigenvalue weighted by Gasteiger charge is 2.08. The fourth-order valence-electron chi connectivity index (χ4n) is 3.50. The summed E-state index contributed by atoms with van der Waals surface area (Å²) in [6.45, 7) is 7.29. The van der Waals surface area contributed by atoms with Crippen LogP contribution in [0.5, 0.6) is 11.5 Å². The van der Waals surface area contributed by atoms with Crippen LogP contribution < -0.4 is 9.47 Å². The van der Waals surface area contributed by atoms with Gasteiger partial charge in [0, 0.05) is 0 Å². The molecule has 0 aliphatic carbocycles. The predicted octanol–water partition coefficient (Wildman–Crippen LogP) is 7.50. The Morgan fingerprint density at radius 1 is 0.778 bits per heavy atom. The van der Waals surface area contributed by atoms with Gasteiger partial charge in [-0.2, -0.15) is 0 Å². The molecule has 0 amide bonds. The van der Waals surface area contributed by atoms with Gasteiger partial charge in [-0.1, -0.05) is 64.0 Å². The Labute approximate surface area is 165 Å². The Balaban J connectivity index is 1.83. The number of aryl methyl sites for hydroxylation is 2. The minimum Gasteiger partial charge on any atom is -0.496 e. The van der Waals surface area contributed by atoms with Crippen LogP contribution in [0.3, 0.4) is 0 Å². The van der Waals surface area contributed by atoms with Crippen molar-refractivity contribution in [2.45, 2.75) is 72.1 Å². The summed E-state index contributed by atoms with van der Waals surface area (Å²) in [5.41, 5.74) is 4.82. The van der Waals surface area contributed by atoms with Gasteiger partial charge < -0.3 is 9.47 Å². The highest BCUT2D eigenvalue weighted by Crippen LogP contribution is 2.31. The summed E-state index contributed by atoms with van der Waals surface area (Å²) in [6, 6.07) is 12.7. The second-order valence-corrected chi connectivity index (χ2v) is 7.49. The lowest BCUT2D eigenvalue weighted by molar-refractivity contribution is 0.304. The molecule has 0 aliphatic heterocycles. The van der Waals surface area contributed by atoms with Gasteiger partial charge in [0.15, 0.2) is 0 Å². The highest BCUT2D eigenvalue weighted by molar-refractivity contribution is 5.70. The summed E-state index contributed by atoms with van der Waals surface area (Å²) in [5, 5.41) is 0. The molecular weight excluding hydrogens is 332 g/mol. The van der Waals surface area contributed by atoms with Crippen molar-refractivity contribution in [3.05, 3.63) is 47.5 Å². The quantitative estimate of drug-likeness (QED) is 0.361. The maximum absolute atomic E-state index is 6.00. The van der Waals surface area contributed by atoms with E-state index in [-0.39, 0.29) is 0 Å². The van der Waals surface area contributed by atoms with Crippen LogP contribution in [0.25, 0.3) is 11.1 Å². The first-order chi connectivity index (χ1) is 13.2. The van der Waals surface area contributed by atoms with Gasteiger partial charge in [-0.25, -0.2) is 0 Å². The van der Waals surface area contributed by atoms with E-state index >= 15 is 0 Å². The number of hydrogen-bond donors (Lipinski definition) is 0. The van der Waals surface area contributed by atoms with E-state index in [0.717, 1.165) is 30.1 Å². The molecule has 0 aliphatic rings. The lowest BCUT2D eigenvalue weighted by Crippen LogP contribution is -1.98. The molecule has 0 aromatic heterocycles. The van der Waals surface area contributed by atoms with E-state index in [2.05, 4.69) is 57.2 Å². The molecule has 0 atom stereocenters. The second kappa shape index (κ2) is 11.7. The average Bonchev–Trinajstić information content (AvgIpc) is 2.68. The first kappa shape index (κ1) is 21.3. The van der Waals surface area contributed by atoms with E-state index in [9.17, 15) is 0 Å². The van der Waals surface area contributed by atoms with Crippen LogP contribution in [-0.4, -0.2) is 13.7 Å². The van der Waals surface area contributed by atoms with Crippen molar-refractivity contribution in [1.29, 1.82) is 0 Å². The number of methoxy groups -OCH3 is 1. The Morgan fingerprint density at radius 3 is 2.19 bits per heavy atom. The summed E-state index contributed by atoms with van der Waals surface area (Å²) < 4.78 is 11.4. The van der Waals surface area contributed by atoms with Crippen molar-refractivity contribution in [3.63, 3.8) is 0 Å². The number of hydrogen-bond acceptors (Lipinski definition) is 2. The van der Waals surface area contributed by atoms with Crippen LogP contribution in [0.2, 0.25) is 0 Å². The van der Waals surface area contributed by atoms with Crippen molar-refractivity contribution in [3.8, 4) is 22.6 Å². The molecule has 0 unspecified atom stereocenters. The van der Waals surface area contributed by atoms with Crippen molar-refractivity contribution in [2.75, 3.05) is 13.7 Å². The zero-order chi connectivity index (χ0) is 19.5. The van der Waals surface area contributed by atoms with E-state index in [4.69, 9.17) is 9.47 Å².